The predicted octanol–water partition coefficient (Wildman–Crippen LogP) is 3.99. The number of fused-ring (bicyclic) bond motifs is 1. The number of carbonyl (C=O) groups is 1. The topological polar surface area (TPSA) is 39.4 Å². The standard InChI is InChI=1S/C13H13ClO3/c1-2-3-6-16-10-4-5-11-9(7-10)8-12(17-11)13(14)15/h4-5,7-8H,2-3,6H2,1H3. The summed E-state index contributed by atoms with van der Waals surface area (Å²) in [5, 5.41) is 0.234. The van der Waals surface area contributed by atoms with Gasteiger partial charge in [0.05, 0.1) is 6.61 Å². The summed E-state index contributed by atoms with van der Waals surface area (Å²) in [4.78, 5) is 11.0. The number of ether oxygens (including phenoxy) is 1. The Morgan fingerprint density at radius 1 is 1.41 bits per heavy atom. The second-order valence-electron chi connectivity index (χ2n) is 3.79. The zero-order chi connectivity index (χ0) is 12.3. The van der Waals surface area contributed by atoms with Gasteiger partial charge in [-0.2, -0.15) is 0 Å². The lowest BCUT2D eigenvalue weighted by atomic mass is 10.2. The van der Waals surface area contributed by atoms with Crippen molar-refractivity contribution in [3.8, 4) is 5.75 Å². The molecule has 17 heavy (non-hydrogen) atoms. The molecule has 0 spiro atoms. The molecule has 2 aromatic rings. The van der Waals surface area contributed by atoms with Gasteiger partial charge < -0.3 is 9.15 Å². The number of unbranched alkanes of at least 4 members (excludes halogenated alkanes) is 1. The molecule has 0 aliphatic heterocycles. The maximum atomic E-state index is 11.0. The Kier molecular flexibility index (Phi) is 3.69. The molecule has 2 rings (SSSR count). The lowest BCUT2D eigenvalue weighted by molar-refractivity contribution is 0.105. The number of halogens is 1. The van der Waals surface area contributed by atoms with Crippen molar-refractivity contribution in [1.29, 1.82) is 0 Å². The zero-order valence-electron chi connectivity index (χ0n) is 9.53. The van der Waals surface area contributed by atoms with Crippen molar-refractivity contribution < 1.29 is 13.9 Å². The van der Waals surface area contributed by atoms with E-state index in [0.717, 1.165) is 24.0 Å². The third kappa shape index (κ3) is 2.80. The number of benzene rings is 1. The van der Waals surface area contributed by atoms with Gasteiger partial charge in [0.15, 0.2) is 5.76 Å². The van der Waals surface area contributed by atoms with E-state index >= 15 is 0 Å². The molecule has 0 aliphatic carbocycles. The normalized spacial score (nSPS) is 10.7. The Morgan fingerprint density at radius 2 is 2.24 bits per heavy atom. The summed E-state index contributed by atoms with van der Waals surface area (Å²) in [5.41, 5.74) is 0.636. The molecule has 90 valence electrons. The van der Waals surface area contributed by atoms with E-state index in [1.165, 1.54) is 0 Å². The lowest BCUT2D eigenvalue weighted by Gasteiger charge is -2.04. The highest BCUT2D eigenvalue weighted by Crippen LogP contribution is 2.25. The molecule has 1 aromatic heterocycles. The van der Waals surface area contributed by atoms with Gasteiger partial charge in [-0.05, 0) is 42.3 Å². The summed E-state index contributed by atoms with van der Waals surface area (Å²) < 4.78 is 10.8. The molecule has 0 N–H and O–H groups in total. The van der Waals surface area contributed by atoms with Crippen LogP contribution in [0.3, 0.4) is 0 Å². The molecule has 1 heterocycles. The van der Waals surface area contributed by atoms with Crippen molar-refractivity contribution in [3.63, 3.8) is 0 Å². The van der Waals surface area contributed by atoms with Gasteiger partial charge in [0, 0.05) is 5.39 Å². The monoisotopic (exact) mass is 252 g/mol. The maximum absolute atomic E-state index is 11.0. The molecule has 0 bridgehead atoms. The Bertz CT molecular complexity index is 530. The van der Waals surface area contributed by atoms with E-state index in [0.29, 0.717) is 12.2 Å². The van der Waals surface area contributed by atoms with E-state index in [1.807, 2.05) is 12.1 Å². The van der Waals surface area contributed by atoms with Crippen LogP contribution in [-0.4, -0.2) is 11.8 Å². The maximum Gasteiger partial charge on any atom is 0.287 e. The predicted molar refractivity (Wildman–Crippen MR) is 66.8 cm³/mol. The molecule has 0 fully saturated rings. The third-order valence-corrected chi connectivity index (χ3v) is 2.63. The molecule has 0 saturated carbocycles. The molecule has 4 heteroatoms. The molecule has 0 amide bonds. The molecular formula is C13H13ClO3. The number of furan rings is 1. The van der Waals surface area contributed by atoms with Crippen molar-refractivity contribution in [2.75, 3.05) is 6.61 Å². The van der Waals surface area contributed by atoms with Crippen LogP contribution in [0.4, 0.5) is 0 Å². The van der Waals surface area contributed by atoms with Gasteiger partial charge in [0.25, 0.3) is 5.24 Å². The Hall–Kier alpha value is -1.48. The number of rotatable bonds is 5. The molecule has 1 aromatic carbocycles. The van der Waals surface area contributed by atoms with Crippen LogP contribution in [0.25, 0.3) is 11.0 Å². The van der Waals surface area contributed by atoms with E-state index in [4.69, 9.17) is 20.8 Å². The van der Waals surface area contributed by atoms with Crippen LogP contribution < -0.4 is 4.74 Å². The van der Waals surface area contributed by atoms with E-state index < -0.39 is 5.24 Å². The van der Waals surface area contributed by atoms with Crippen molar-refractivity contribution in [2.45, 2.75) is 19.8 Å². The Balaban J connectivity index is 2.21. The van der Waals surface area contributed by atoms with Crippen LogP contribution in [0, 0.1) is 0 Å². The first-order valence-electron chi connectivity index (χ1n) is 5.57. The van der Waals surface area contributed by atoms with Gasteiger partial charge in [-0.15, -0.1) is 0 Å². The minimum absolute atomic E-state index is 0.160. The molecule has 0 atom stereocenters. The molecule has 3 nitrogen and oxygen atoms in total. The van der Waals surface area contributed by atoms with E-state index in [-0.39, 0.29) is 5.76 Å². The van der Waals surface area contributed by atoms with Crippen molar-refractivity contribution >= 4 is 27.8 Å². The van der Waals surface area contributed by atoms with Crippen LogP contribution >= 0.6 is 11.6 Å². The SMILES string of the molecule is CCCCOc1ccc2oc(C(=O)Cl)cc2c1. The van der Waals surface area contributed by atoms with E-state index in [2.05, 4.69) is 6.92 Å². The highest BCUT2D eigenvalue weighted by atomic mass is 35.5. The first-order valence-corrected chi connectivity index (χ1v) is 5.94. The zero-order valence-corrected chi connectivity index (χ0v) is 10.3. The quantitative estimate of drug-likeness (QED) is 0.597. The van der Waals surface area contributed by atoms with Crippen LogP contribution in [0.15, 0.2) is 28.7 Å². The third-order valence-electron chi connectivity index (χ3n) is 2.45. The second-order valence-corrected chi connectivity index (χ2v) is 4.13. The average Bonchev–Trinajstić information content (AvgIpc) is 2.72. The number of carbonyl (C=O) groups excluding carboxylic acids is 1. The van der Waals surface area contributed by atoms with Gasteiger partial charge in [-0.1, -0.05) is 13.3 Å². The van der Waals surface area contributed by atoms with Crippen molar-refractivity contribution in [1.82, 2.24) is 0 Å². The first kappa shape index (κ1) is 12.0. The van der Waals surface area contributed by atoms with Gasteiger partial charge in [-0.3, -0.25) is 4.79 Å². The fourth-order valence-electron chi connectivity index (χ4n) is 1.54. The fourth-order valence-corrected chi connectivity index (χ4v) is 1.64. The summed E-state index contributed by atoms with van der Waals surface area (Å²) in [6, 6.07) is 7.07. The molecule has 0 radical (unpaired) electrons. The minimum atomic E-state index is -0.588. The second kappa shape index (κ2) is 5.23. The van der Waals surface area contributed by atoms with E-state index in [9.17, 15) is 4.79 Å². The largest absolute Gasteiger partial charge is 0.494 e. The highest BCUT2D eigenvalue weighted by Gasteiger charge is 2.09. The van der Waals surface area contributed by atoms with E-state index in [1.54, 1.807) is 12.1 Å². The van der Waals surface area contributed by atoms with Gasteiger partial charge in [0.2, 0.25) is 0 Å². The molecule has 0 aliphatic rings. The number of hydrogen-bond acceptors (Lipinski definition) is 3. The summed E-state index contributed by atoms with van der Waals surface area (Å²) in [6.07, 6.45) is 2.12. The Morgan fingerprint density at radius 3 is 2.94 bits per heavy atom. The molecule has 0 saturated heterocycles. The fraction of sp³-hybridized carbons (Fsp3) is 0.308. The summed E-state index contributed by atoms with van der Waals surface area (Å²) >= 11 is 5.35. The summed E-state index contributed by atoms with van der Waals surface area (Å²) in [7, 11) is 0. The van der Waals surface area contributed by atoms with Gasteiger partial charge in [0.1, 0.15) is 11.3 Å². The summed E-state index contributed by atoms with van der Waals surface area (Å²) in [5.74, 6) is 0.938. The average molecular weight is 253 g/mol. The van der Waals surface area contributed by atoms with Crippen LogP contribution in [0.2, 0.25) is 0 Å². The first-order chi connectivity index (χ1) is 8.20. The molecule has 0 unspecified atom stereocenters. The van der Waals surface area contributed by atoms with Crippen molar-refractivity contribution in [2.24, 2.45) is 0 Å². The van der Waals surface area contributed by atoms with Crippen LogP contribution in [0.5, 0.6) is 5.75 Å². The smallest absolute Gasteiger partial charge is 0.287 e. The Labute approximate surface area is 104 Å². The van der Waals surface area contributed by atoms with Crippen LogP contribution in [-0.2, 0) is 0 Å². The lowest BCUT2D eigenvalue weighted by Crippen LogP contribution is -1.95. The van der Waals surface area contributed by atoms with Crippen molar-refractivity contribution in [3.05, 3.63) is 30.0 Å². The highest BCUT2D eigenvalue weighted by molar-refractivity contribution is 6.67. The summed E-state index contributed by atoms with van der Waals surface area (Å²) in [6.45, 7) is 2.81. The number of hydrogen-bond donors (Lipinski definition) is 0. The van der Waals surface area contributed by atoms with Gasteiger partial charge >= 0.3 is 0 Å². The molecular weight excluding hydrogens is 240 g/mol. The minimum Gasteiger partial charge on any atom is -0.494 e. The van der Waals surface area contributed by atoms with Crippen LogP contribution in [0.1, 0.15) is 30.3 Å². The van der Waals surface area contributed by atoms with Gasteiger partial charge in [-0.25, -0.2) is 0 Å².